The Bertz CT molecular complexity index is 264. The van der Waals surface area contributed by atoms with Crippen LogP contribution in [0.1, 0.15) is 25.3 Å². The molecule has 0 spiro atoms. The highest BCUT2D eigenvalue weighted by atomic mass is 16.3. The Morgan fingerprint density at radius 3 is 2.47 bits per heavy atom. The molecule has 0 bridgehead atoms. The van der Waals surface area contributed by atoms with Gasteiger partial charge >= 0.3 is 0 Å². The van der Waals surface area contributed by atoms with E-state index in [1.54, 1.807) is 0 Å². The highest BCUT2D eigenvalue weighted by molar-refractivity contribution is 5.14. The van der Waals surface area contributed by atoms with Crippen LogP contribution < -0.4 is 5.32 Å². The van der Waals surface area contributed by atoms with Gasteiger partial charge in [0.05, 0.1) is 6.10 Å². The molecule has 0 heterocycles. The van der Waals surface area contributed by atoms with Gasteiger partial charge in [0.25, 0.3) is 0 Å². The molecule has 0 aliphatic heterocycles. The van der Waals surface area contributed by atoms with Gasteiger partial charge in [0.15, 0.2) is 0 Å². The summed E-state index contributed by atoms with van der Waals surface area (Å²) in [5.41, 5.74) is 1.13. The molecule has 0 aromatic heterocycles. The van der Waals surface area contributed by atoms with Crippen LogP contribution in [0.4, 0.5) is 0 Å². The third-order valence-corrected chi connectivity index (χ3v) is 2.35. The van der Waals surface area contributed by atoms with Crippen molar-refractivity contribution in [3.63, 3.8) is 0 Å². The topological polar surface area (TPSA) is 52.5 Å². The Hall–Kier alpha value is -0.900. The molecule has 2 atom stereocenters. The zero-order valence-electron chi connectivity index (χ0n) is 9.06. The molecule has 1 rings (SSSR count). The van der Waals surface area contributed by atoms with E-state index in [1.165, 1.54) is 0 Å². The summed E-state index contributed by atoms with van der Waals surface area (Å²) in [5, 5.41) is 21.8. The van der Waals surface area contributed by atoms with Gasteiger partial charge in [-0.15, -0.1) is 0 Å². The molecule has 0 aliphatic carbocycles. The van der Waals surface area contributed by atoms with Gasteiger partial charge in [-0.3, -0.25) is 5.32 Å². The van der Waals surface area contributed by atoms with Gasteiger partial charge in [0.1, 0.15) is 6.23 Å². The molecule has 0 saturated carbocycles. The highest BCUT2D eigenvalue weighted by Gasteiger charge is 2.08. The molecule has 3 nitrogen and oxygen atoms in total. The lowest BCUT2D eigenvalue weighted by Gasteiger charge is -2.15. The Balaban J connectivity index is 2.25. The number of nitrogens with one attached hydrogen (secondary N) is 1. The molecule has 0 aliphatic rings. The molecule has 0 saturated heterocycles. The lowest BCUT2D eigenvalue weighted by molar-refractivity contribution is 0.0576. The molecular weight excluding hydrogens is 190 g/mol. The van der Waals surface area contributed by atoms with Crippen LogP contribution in [0, 0.1) is 0 Å². The maximum atomic E-state index is 9.54. The lowest BCUT2D eigenvalue weighted by Crippen LogP contribution is -2.31. The van der Waals surface area contributed by atoms with Gasteiger partial charge in [-0.05, 0) is 12.0 Å². The van der Waals surface area contributed by atoms with E-state index < -0.39 is 12.3 Å². The number of benzene rings is 1. The van der Waals surface area contributed by atoms with Crippen molar-refractivity contribution in [2.75, 3.05) is 0 Å². The summed E-state index contributed by atoms with van der Waals surface area (Å²) < 4.78 is 0. The highest BCUT2D eigenvalue weighted by Crippen LogP contribution is 2.02. The Morgan fingerprint density at radius 2 is 1.87 bits per heavy atom. The third kappa shape index (κ3) is 4.93. The van der Waals surface area contributed by atoms with Crippen LogP contribution in [-0.4, -0.2) is 22.5 Å². The Morgan fingerprint density at radius 1 is 1.20 bits per heavy atom. The van der Waals surface area contributed by atoms with Crippen molar-refractivity contribution in [3.8, 4) is 0 Å². The van der Waals surface area contributed by atoms with Crippen LogP contribution >= 0.6 is 0 Å². The lowest BCUT2D eigenvalue weighted by atomic mass is 10.1. The van der Waals surface area contributed by atoms with E-state index in [-0.39, 0.29) is 0 Å². The van der Waals surface area contributed by atoms with Gasteiger partial charge < -0.3 is 10.2 Å². The van der Waals surface area contributed by atoms with E-state index in [1.807, 2.05) is 37.3 Å². The monoisotopic (exact) mass is 209 g/mol. The van der Waals surface area contributed by atoms with Crippen LogP contribution in [0.5, 0.6) is 0 Å². The summed E-state index contributed by atoms with van der Waals surface area (Å²) in [6.45, 7) is 2.52. The number of aliphatic hydroxyl groups is 2. The average molecular weight is 209 g/mol. The molecule has 3 N–H and O–H groups in total. The van der Waals surface area contributed by atoms with Gasteiger partial charge in [-0.25, -0.2) is 0 Å². The first-order valence-electron chi connectivity index (χ1n) is 5.35. The fourth-order valence-electron chi connectivity index (χ4n) is 1.34. The molecule has 15 heavy (non-hydrogen) atoms. The molecule has 1 aromatic rings. The molecule has 0 amide bonds. The second-order valence-electron chi connectivity index (χ2n) is 3.68. The van der Waals surface area contributed by atoms with Crippen molar-refractivity contribution in [1.29, 1.82) is 0 Å². The maximum absolute atomic E-state index is 9.54. The largest absolute Gasteiger partial charge is 0.393 e. The average Bonchev–Trinajstić information content (AvgIpc) is 2.27. The summed E-state index contributed by atoms with van der Waals surface area (Å²) in [5.74, 6) is 0. The fraction of sp³-hybridized carbons (Fsp3) is 0.500. The van der Waals surface area contributed by atoms with Crippen molar-refractivity contribution in [1.82, 2.24) is 5.32 Å². The Kier molecular flexibility index (Phi) is 5.32. The number of hydrogen-bond donors (Lipinski definition) is 3. The zero-order valence-corrected chi connectivity index (χ0v) is 9.06. The Labute approximate surface area is 90.8 Å². The molecule has 3 heteroatoms. The first-order chi connectivity index (χ1) is 7.22. The molecule has 0 fully saturated rings. The van der Waals surface area contributed by atoms with Crippen LogP contribution in [0.3, 0.4) is 0 Å². The van der Waals surface area contributed by atoms with Gasteiger partial charge in [0.2, 0.25) is 0 Å². The maximum Gasteiger partial charge on any atom is 0.107 e. The van der Waals surface area contributed by atoms with Crippen LogP contribution in [0.25, 0.3) is 0 Å². The van der Waals surface area contributed by atoms with Crippen LogP contribution in [0.2, 0.25) is 0 Å². The van der Waals surface area contributed by atoms with Crippen molar-refractivity contribution < 1.29 is 10.2 Å². The van der Waals surface area contributed by atoms with E-state index >= 15 is 0 Å². The zero-order chi connectivity index (χ0) is 11.1. The minimum absolute atomic E-state index is 0.378. The van der Waals surface area contributed by atoms with Gasteiger partial charge in [-0.2, -0.15) is 0 Å². The van der Waals surface area contributed by atoms with E-state index in [0.717, 1.165) is 5.56 Å². The number of aliphatic hydroxyl groups excluding tert-OH is 2. The second-order valence-corrected chi connectivity index (χ2v) is 3.68. The second kappa shape index (κ2) is 6.56. The van der Waals surface area contributed by atoms with E-state index in [2.05, 4.69) is 5.32 Å². The normalized spacial score (nSPS) is 14.9. The first kappa shape index (κ1) is 12.2. The third-order valence-electron chi connectivity index (χ3n) is 2.35. The summed E-state index contributed by atoms with van der Waals surface area (Å²) >= 11 is 0. The predicted octanol–water partition coefficient (Wildman–Crippen LogP) is 1.26. The van der Waals surface area contributed by atoms with Crippen molar-refractivity contribution >= 4 is 0 Å². The molecule has 84 valence electrons. The summed E-state index contributed by atoms with van der Waals surface area (Å²) in [6, 6.07) is 9.88. The van der Waals surface area contributed by atoms with Crippen LogP contribution in [-0.2, 0) is 6.54 Å². The van der Waals surface area contributed by atoms with Crippen molar-refractivity contribution in [2.24, 2.45) is 0 Å². The molecular formula is C12H19NO2. The molecule has 0 radical (unpaired) electrons. The van der Waals surface area contributed by atoms with Crippen molar-refractivity contribution in [2.45, 2.75) is 38.6 Å². The SMILES string of the molecule is CCC(O)CC(O)NCc1ccccc1. The van der Waals surface area contributed by atoms with E-state index in [9.17, 15) is 10.2 Å². The van der Waals surface area contributed by atoms with E-state index in [4.69, 9.17) is 0 Å². The molecule has 1 aromatic carbocycles. The predicted molar refractivity (Wildman–Crippen MR) is 60.2 cm³/mol. The molecule has 2 unspecified atom stereocenters. The van der Waals surface area contributed by atoms with Crippen molar-refractivity contribution in [3.05, 3.63) is 35.9 Å². The van der Waals surface area contributed by atoms with E-state index in [0.29, 0.717) is 19.4 Å². The smallest absolute Gasteiger partial charge is 0.107 e. The summed E-state index contributed by atoms with van der Waals surface area (Å²) in [7, 11) is 0. The van der Waals surface area contributed by atoms with Gasteiger partial charge in [-0.1, -0.05) is 37.3 Å². The van der Waals surface area contributed by atoms with Gasteiger partial charge in [0, 0.05) is 13.0 Å². The minimum atomic E-state index is -0.639. The fourth-order valence-corrected chi connectivity index (χ4v) is 1.34. The minimum Gasteiger partial charge on any atom is -0.393 e. The van der Waals surface area contributed by atoms with Crippen LogP contribution in [0.15, 0.2) is 30.3 Å². The first-order valence-corrected chi connectivity index (χ1v) is 5.35. The number of hydrogen-bond acceptors (Lipinski definition) is 3. The summed E-state index contributed by atoms with van der Waals surface area (Å²) in [4.78, 5) is 0. The standard InChI is InChI=1S/C12H19NO2/c1-2-11(14)8-12(15)13-9-10-6-4-3-5-7-10/h3-7,11-15H,2,8-9H2,1H3. The summed E-state index contributed by atoms with van der Waals surface area (Å²) in [6.07, 6.45) is -0.0173. The quantitative estimate of drug-likeness (QED) is 0.618. The number of rotatable bonds is 6.